The lowest BCUT2D eigenvalue weighted by Crippen LogP contribution is -2.49. The molecular weight excluding hydrogens is 257 g/mol. The van der Waals surface area contributed by atoms with Crippen molar-refractivity contribution in [1.82, 2.24) is 10.2 Å². The largest absolute Gasteiger partial charge is 0.406 e. The first-order valence-electron chi connectivity index (χ1n) is 6.77. The first kappa shape index (κ1) is 16.3. The second-order valence-electron chi connectivity index (χ2n) is 5.76. The first-order valence-corrected chi connectivity index (χ1v) is 6.77. The van der Waals surface area contributed by atoms with Crippen molar-refractivity contribution < 1.29 is 18.0 Å². The third-order valence-electron chi connectivity index (χ3n) is 3.62. The van der Waals surface area contributed by atoms with Gasteiger partial charge in [0, 0.05) is 13.1 Å². The molecule has 1 atom stereocenters. The lowest BCUT2D eigenvalue weighted by Gasteiger charge is -2.34. The molecular formula is C13H23F3N2O. The van der Waals surface area contributed by atoms with E-state index in [9.17, 15) is 18.0 Å². The van der Waals surface area contributed by atoms with Crippen LogP contribution in [0.25, 0.3) is 0 Å². The molecule has 0 aromatic heterocycles. The average molecular weight is 280 g/mol. The van der Waals surface area contributed by atoms with E-state index in [1.54, 1.807) is 0 Å². The molecule has 112 valence electrons. The van der Waals surface area contributed by atoms with Gasteiger partial charge >= 0.3 is 6.18 Å². The molecule has 1 heterocycles. The zero-order chi connectivity index (χ0) is 14.7. The van der Waals surface area contributed by atoms with Crippen molar-refractivity contribution in [2.45, 2.75) is 39.8 Å². The molecule has 6 heteroatoms. The minimum absolute atomic E-state index is 0.0227. The van der Waals surface area contributed by atoms with E-state index in [0.29, 0.717) is 25.9 Å². The van der Waals surface area contributed by atoms with Gasteiger partial charge in [0.05, 0.1) is 5.41 Å². The Morgan fingerprint density at radius 2 is 2.05 bits per heavy atom. The maximum atomic E-state index is 12.6. The van der Waals surface area contributed by atoms with E-state index in [1.165, 1.54) is 0 Å². The number of nitrogens with one attached hydrogen (secondary N) is 1. The van der Waals surface area contributed by atoms with E-state index in [-0.39, 0.29) is 18.4 Å². The van der Waals surface area contributed by atoms with Gasteiger partial charge in [0.25, 0.3) is 0 Å². The van der Waals surface area contributed by atoms with Gasteiger partial charge in [0.2, 0.25) is 5.91 Å². The highest BCUT2D eigenvalue weighted by atomic mass is 19.4. The molecule has 1 saturated heterocycles. The normalized spacial score (nSPS) is 23.9. The van der Waals surface area contributed by atoms with Crippen LogP contribution in [-0.2, 0) is 4.79 Å². The molecule has 1 N–H and O–H groups in total. The van der Waals surface area contributed by atoms with Gasteiger partial charge in [-0.25, -0.2) is 0 Å². The lowest BCUT2D eigenvalue weighted by atomic mass is 9.82. The fraction of sp³-hybridized carbons (Fsp3) is 0.923. The molecule has 0 radical (unpaired) electrons. The summed E-state index contributed by atoms with van der Waals surface area (Å²) >= 11 is 0. The number of hydrogen-bond acceptors (Lipinski definition) is 2. The number of hydrogen-bond donors (Lipinski definition) is 1. The van der Waals surface area contributed by atoms with Crippen molar-refractivity contribution in [1.29, 1.82) is 0 Å². The van der Waals surface area contributed by atoms with E-state index in [4.69, 9.17) is 0 Å². The number of carbonyl (C=O) groups excluding carboxylic acids is 1. The van der Waals surface area contributed by atoms with Gasteiger partial charge in [0.1, 0.15) is 6.54 Å². The van der Waals surface area contributed by atoms with Crippen molar-refractivity contribution in [2.24, 2.45) is 11.3 Å². The summed E-state index contributed by atoms with van der Waals surface area (Å²) in [5.74, 6) is -0.333. The molecule has 1 aliphatic rings. The third kappa shape index (κ3) is 4.37. The molecule has 0 bridgehead atoms. The van der Waals surface area contributed by atoms with Crippen LogP contribution in [0.5, 0.6) is 0 Å². The Hall–Kier alpha value is -0.780. The Bertz CT molecular complexity index is 310. The van der Waals surface area contributed by atoms with Crippen LogP contribution in [0.3, 0.4) is 0 Å². The summed E-state index contributed by atoms with van der Waals surface area (Å²) in [6, 6.07) is 0. The topological polar surface area (TPSA) is 32.3 Å². The molecule has 0 spiro atoms. The Morgan fingerprint density at radius 1 is 1.42 bits per heavy atom. The Kier molecular flexibility index (Phi) is 5.24. The smallest absolute Gasteiger partial charge is 0.333 e. The van der Waals surface area contributed by atoms with Gasteiger partial charge < -0.3 is 10.2 Å². The van der Waals surface area contributed by atoms with Gasteiger partial charge in [-0.1, -0.05) is 20.8 Å². The number of alkyl halides is 3. The number of halogens is 3. The van der Waals surface area contributed by atoms with E-state index < -0.39 is 18.1 Å². The van der Waals surface area contributed by atoms with Crippen molar-refractivity contribution >= 4 is 5.91 Å². The van der Waals surface area contributed by atoms with Gasteiger partial charge in [-0.05, 0) is 25.3 Å². The average Bonchev–Trinajstić information content (AvgIpc) is 2.74. The van der Waals surface area contributed by atoms with Crippen LogP contribution >= 0.6 is 0 Å². The monoisotopic (exact) mass is 280 g/mol. The SMILES string of the molecule is CCC1(C(=O)N(CC(C)C)CC(F)(F)F)CCNC1. The summed E-state index contributed by atoms with van der Waals surface area (Å²) in [6.45, 7) is 5.69. The molecule has 1 aliphatic heterocycles. The lowest BCUT2D eigenvalue weighted by molar-refractivity contribution is -0.168. The quantitative estimate of drug-likeness (QED) is 0.839. The molecule has 1 fully saturated rings. The second kappa shape index (κ2) is 6.11. The van der Waals surface area contributed by atoms with Gasteiger partial charge in [-0.2, -0.15) is 13.2 Å². The van der Waals surface area contributed by atoms with Crippen LogP contribution in [0, 0.1) is 11.3 Å². The highest BCUT2D eigenvalue weighted by Gasteiger charge is 2.44. The molecule has 1 rings (SSSR count). The summed E-state index contributed by atoms with van der Waals surface area (Å²) in [5.41, 5.74) is -0.653. The van der Waals surface area contributed by atoms with Crippen LogP contribution in [0.2, 0.25) is 0 Å². The Labute approximate surface area is 112 Å². The van der Waals surface area contributed by atoms with Gasteiger partial charge in [0.15, 0.2) is 0 Å². The molecule has 1 unspecified atom stereocenters. The molecule has 1 amide bonds. The number of amides is 1. The molecule has 0 aromatic rings. The number of nitrogens with zero attached hydrogens (tertiary/aromatic N) is 1. The highest BCUT2D eigenvalue weighted by Crippen LogP contribution is 2.33. The van der Waals surface area contributed by atoms with Gasteiger partial charge in [-0.3, -0.25) is 4.79 Å². The minimum atomic E-state index is -4.34. The van der Waals surface area contributed by atoms with Crippen molar-refractivity contribution in [3.8, 4) is 0 Å². The predicted octanol–water partition coefficient (Wildman–Crippen LogP) is 2.42. The fourth-order valence-electron chi connectivity index (χ4n) is 2.59. The van der Waals surface area contributed by atoms with E-state index in [0.717, 1.165) is 4.90 Å². The number of carbonyl (C=O) groups is 1. The van der Waals surface area contributed by atoms with Crippen LogP contribution in [-0.4, -0.2) is 43.2 Å². The van der Waals surface area contributed by atoms with Crippen LogP contribution < -0.4 is 5.32 Å². The molecule has 19 heavy (non-hydrogen) atoms. The Morgan fingerprint density at radius 3 is 2.42 bits per heavy atom. The second-order valence-corrected chi connectivity index (χ2v) is 5.76. The maximum Gasteiger partial charge on any atom is 0.406 e. The maximum absolute atomic E-state index is 12.6. The number of rotatable bonds is 5. The summed E-state index contributed by atoms with van der Waals surface area (Å²) in [6.07, 6.45) is -3.15. The Balaban J connectivity index is 2.86. The fourth-order valence-corrected chi connectivity index (χ4v) is 2.59. The zero-order valence-corrected chi connectivity index (χ0v) is 11.8. The minimum Gasteiger partial charge on any atom is -0.333 e. The van der Waals surface area contributed by atoms with E-state index in [1.807, 2.05) is 20.8 Å². The zero-order valence-electron chi connectivity index (χ0n) is 11.8. The third-order valence-corrected chi connectivity index (χ3v) is 3.62. The molecule has 0 aromatic carbocycles. The predicted molar refractivity (Wildman–Crippen MR) is 67.7 cm³/mol. The summed E-state index contributed by atoms with van der Waals surface area (Å²) in [7, 11) is 0. The van der Waals surface area contributed by atoms with Crippen molar-refractivity contribution in [3.05, 3.63) is 0 Å². The van der Waals surface area contributed by atoms with Crippen LogP contribution in [0.1, 0.15) is 33.6 Å². The van der Waals surface area contributed by atoms with Crippen LogP contribution in [0.4, 0.5) is 13.2 Å². The molecule has 3 nitrogen and oxygen atoms in total. The van der Waals surface area contributed by atoms with E-state index in [2.05, 4.69) is 5.32 Å². The highest BCUT2D eigenvalue weighted by molar-refractivity contribution is 5.83. The first-order chi connectivity index (χ1) is 8.70. The summed E-state index contributed by atoms with van der Waals surface area (Å²) < 4.78 is 37.9. The van der Waals surface area contributed by atoms with Gasteiger partial charge in [-0.15, -0.1) is 0 Å². The standard InChI is InChI=1S/C13H23F3N2O/c1-4-12(5-6-17-8-12)11(19)18(7-10(2)3)9-13(14,15)16/h10,17H,4-9H2,1-3H3. The summed E-state index contributed by atoms with van der Waals surface area (Å²) in [5, 5.41) is 3.09. The molecule has 0 saturated carbocycles. The summed E-state index contributed by atoms with van der Waals surface area (Å²) in [4.78, 5) is 13.5. The van der Waals surface area contributed by atoms with E-state index >= 15 is 0 Å². The van der Waals surface area contributed by atoms with Crippen molar-refractivity contribution in [3.63, 3.8) is 0 Å². The van der Waals surface area contributed by atoms with Crippen molar-refractivity contribution in [2.75, 3.05) is 26.2 Å². The molecule has 0 aliphatic carbocycles. The van der Waals surface area contributed by atoms with Crippen LogP contribution in [0.15, 0.2) is 0 Å².